The summed E-state index contributed by atoms with van der Waals surface area (Å²) in [5, 5.41) is 8.41. The third-order valence-electron chi connectivity index (χ3n) is 0.914. The van der Waals surface area contributed by atoms with Crippen LogP contribution in [-0.4, -0.2) is 22.6 Å². The first-order chi connectivity index (χ1) is 4.36. The largest absolute Gasteiger partial charge is 0.478 e. The van der Waals surface area contributed by atoms with Crippen LogP contribution in [0.25, 0.3) is 0 Å². The van der Waals surface area contributed by atoms with Crippen LogP contribution in [0.2, 0.25) is 0 Å². The fraction of sp³-hybridized carbons (Fsp3) is 0.667. The van der Waals surface area contributed by atoms with Gasteiger partial charge in [-0.25, -0.2) is 4.79 Å². The number of esters is 1. The predicted octanol–water partition coefficient (Wildman–Crippen LogP) is 0.413. The first kappa shape index (κ1) is 8.94. The van der Waals surface area contributed by atoms with Crippen molar-refractivity contribution in [2.45, 2.75) is 26.4 Å². The van der Waals surface area contributed by atoms with E-state index >= 15 is 0 Å². The van der Waals surface area contributed by atoms with Crippen LogP contribution in [0.3, 0.4) is 0 Å². The van der Waals surface area contributed by atoms with Crippen LogP contribution in [0.4, 0.5) is 0 Å². The summed E-state index contributed by atoms with van der Waals surface area (Å²) in [6, 6.07) is 0. The van der Waals surface area contributed by atoms with Crippen LogP contribution in [0.15, 0.2) is 0 Å². The van der Waals surface area contributed by atoms with E-state index in [1.807, 2.05) is 0 Å². The quantitative estimate of drug-likeness (QED) is 0.573. The van der Waals surface area contributed by atoms with Gasteiger partial charge >= 0.3 is 11.9 Å². The molecule has 0 amide bonds. The maximum Gasteiger partial charge on any atom is 0.347 e. The molecule has 0 heterocycles. The van der Waals surface area contributed by atoms with Gasteiger partial charge in [-0.3, -0.25) is 4.79 Å². The molecule has 10 heavy (non-hydrogen) atoms. The summed E-state index contributed by atoms with van der Waals surface area (Å²) in [5.74, 6) is -1.74. The minimum absolute atomic E-state index is 0.590. The van der Waals surface area contributed by atoms with E-state index in [1.54, 1.807) is 0 Å². The molecule has 0 aromatic carbocycles. The molecule has 0 saturated heterocycles. The number of carbonyl (C=O) groups excluding carboxylic acids is 1. The molecule has 0 rings (SSSR count). The number of hydrogen-bond donors (Lipinski definition) is 1. The summed E-state index contributed by atoms with van der Waals surface area (Å²) in [6.45, 7) is 3.80. The molecule has 0 aromatic rings. The van der Waals surface area contributed by atoms with Gasteiger partial charge in [-0.1, -0.05) is 0 Å². The van der Waals surface area contributed by atoms with Gasteiger partial charge in [-0.05, 0) is 13.8 Å². The Balaban J connectivity index is 4.13. The minimum atomic E-state index is -1.41. The predicted molar refractivity (Wildman–Crippen MR) is 33.5 cm³/mol. The molecule has 0 atom stereocenters. The maximum atomic E-state index is 10.3. The molecule has 58 valence electrons. The lowest BCUT2D eigenvalue weighted by Gasteiger charge is -2.18. The van der Waals surface area contributed by atoms with Crippen LogP contribution in [-0.2, 0) is 14.3 Å². The average molecular weight is 146 g/mol. The monoisotopic (exact) mass is 146 g/mol. The molecular weight excluding hydrogens is 136 g/mol. The molecule has 0 radical (unpaired) electrons. The standard InChI is InChI=1S/C6H10O4/c1-4(7)10-6(2,3)5(8)9/h1-3H3,(H,8,9). The second kappa shape index (κ2) is 2.68. The zero-order chi connectivity index (χ0) is 8.36. The van der Waals surface area contributed by atoms with Crippen molar-refractivity contribution in [1.82, 2.24) is 0 Å². The third kappa shape index (κ3) is 2.48. The zero-order valence-electron chi connectivity index (χ0n) is 6.17. The Morgan fingerprint density at radius 3 is 1.90 bits per heavy atom. The molecule has 1 N–H and O–H groups in total. The van der Waals surface area contributed by atoms with Gasteiger partial charge in [0.1, 0.15) is 0 Å². The summed E-state index contributed by atoms with van der Waals surface area (Å²) >= 11 is 0. The van der Waals surface area contributed by atoms with Crippen molar-refractivity contribution in [1.29, 1.82) is 0 Å². The van der Waals surface area contributed by atoms with E-state index < -0.39 is 17.5 Å². The number of aliphatic carboxylic acids is 1. The smallest absolute Gasteiger partial charge is 0.347 e. The van der Waals surface area contributed by atoms with Crippen LogP contribution >= 0.6 is 0 Å². The minimum Gasteiger partial charge on any atom is -0.478 e. The Kier molecular flexibility index (Phi) is 2.40. The summed E-state index contributed by atoms with van der Waals surface area (Å²) < 4.78 is 4.46. The summed E-state index contributed by atoms with van der Waals surface area (Å²) in [7, 11) is 0. The van der Waals surface area contributed by atoms with Crippen LogP contribution in [0, 0.1) is 0 Å². The van der Waals surface area contributed by atoms with E-state index in [9.17, 15) is 9.59 Å². The lowest BCUT2D eigenvalue weighted by Crippen LogP contribution is -2.36. The zero-order valence-corrected chi connectivity index (χ0v) is 6.17. The molecule has 0 bridgehead atoms. The van der Waals surface area contributed by atoms with Crippen LogP contribution in [0.5, 0.6) is 0 Å². The Morgan fingerprint density at radius 1 is 1.40 bits per heavy atom. The van der Waals surface area contributed by atoms with Gasteiger partial charge in [-0.2, -0.15) is 0 Å². The molecule has 0 aliphatic carbocycles. The lowest BCUT2D eigenvalue weighted by atomic mass is 10.1. The number of ether oxygens (including phenoxy) is 1. The highest BCUT2D eigenvalue weighted by atomic mass is 16.6. The van der Waals surface area contributed by atoms with Crippen molar-refractivity contribution >= 4 is 11.9 Å². The van der Waals surface area contributed by atoms with E-state index in [2.05, 4.69) is 4.74 Å². The van der Waals surface area contributed by atoms with Crippen LogP contribution < -0.4 is 0 Å². The maximum absolute atomic E-state index is 10.3. The Bertz CT molecular complexity index is 159. The Morgan fingerprint density at radius 2 is 1.80 bits per heavy atom. The van der Waals surface area contributed by atoms with Crippen molar-refractivity contribution in [3.8, 4) is 0 Å². The molecule has 0 aliphatic rings. The average Bonchev–Trinajstić information content (AvgIpc) is 1.60. The van der Waals surface area contributed by atoms with E-state index in [1.165, 1.54) is 20.8 Å². The SMILES string of the molecule is CC(=O)OC(C)(C)C(=O)O. The van der Waals surface area contributed by atoms with Crippen molar-refractivity contribution in [3.63, 3.8) is 0 Å². The van der Waals surface area contributed by atoms with Crippen molar-refractivity contribution in [3.05, 3.63) is 0 Å². The van der Waals surface area contributed by atoms with Gasteiger partial charge in [0.15, 0.2) is 0 Å². The van der Waals surface area contributed by atoms with Gasteiger partial charge in [-0.15, -0.1) is 0 Å². The highest BCUT2D eigenvalue weighted by molar-refractivity contribution is 5.80. The highest BCUT2D eigenvalue weighted by Gasteiger charge is 2.30. The second-order valence-corrected chi connectivity index (χ2v) is 2.41. The van der Waals surface area contributed by atoms with Gasteiger partial charge in [0.2, 0.25) is 5.60 Å². The van der Waals surface area contributed by atoms with Gasteiger partial charge in [0.25, 0.3) is 0 Å². The Hall–Kier alpha value is -1.06. The van der Waals surface area contributed by atoms with Gasteiger partial charge in [0.05, 0.1) is 0 Å². The van der Waals surface area contributed by atoms with E-state index in [0.29, 0.717) is 0 Å². The molecule has 0 aliphatic heterocycles. The van der Waals surface area contributed by atoms with Gasteiger partial charge < -0.3 is 9.84 Å². The summed E-state index contributed by atoms with van der Waals surface area (Å²) in [4.78, 5) is 20.6. The molecule has 0 fully saturated rings. The first-order valence-corrected chi connectivity index (χ1v) is 2.79. The molecule has 0 unspecified atom stereocenters. The van der Waals surface area contributed by atoms with Crippen LogP contribution in [0.1, 0.15) is 20.8 Å². The molecule has 4 nitrogen and oxygen atoms in total. The topological polar surface area (TPSA) is 63.6 Å². The first-order valence-electron chi connectivity index (χ1n) is 2.79. The molecule has 0 aromatic heterocycles. The molecule has 4 heteroatoms. The second-order valence-electron chi connectivity index (χ2n) is 2.41. The number of carboxylic acid groups (broad SMARTS) is 1. The molecule has 0 saturated carbocycles. The number of hydrogen-bond acceptors (Lipinski definition) is 3. The fourth-order valence-corrected chi connectivity index (χ4v) is 0.403. The number of carbonyl (C=O) groups is 2. The van der Waals surface area contributed by atoms with Crippen molar-refractivity contribution in [2.75, 3.05) is 0 Å². The Labute approximate surface area is 58.8 Å². The lowest BCUT2D eigenvalue weighted by molar-refractivity contribution is -0.172. The fourth-order valence-electron chi connectivity index (χ4n) is 0.403. The van der Waals surface area contributed by atoms with Gasteiger partial charge in [0, 0.05) is 6.92 Å². The van der Waals surface area contributed by atoms with Crippen molar-refractivity contribution < 1.29 is 19.4 Å². The number of rotatable bonds is 2. The number of carboxylic acids is 1. The normalized spacial score (nSPS) is 10.7. The third-order valence-corrected chi connectivity index (χ3v) is 0.914. The van der Waals surface area contributed by atoms with Crippen molar-refractivity contribution in [2.24, 2.45) is 0 Å². The summed E-state index contributed by atoms with van der Waals surface area (Å²) in [5.41, 5.74) is -1.41. The highest BCUT2D eigenvalue weighted by Crippen LogP contribution is 2.08. The van der Waals surface area contributed by atoms with E-state index in [4.69, 9.17) is 5.11 Å². The molecule has 0 spiro atoms. The molecular formula is C6H10O4. The van der Waals surface area contributed by atoms with E-state index in [-0.39, 0.29) is 0 Å². The van der Waals surface area contributed by atoms with E-state index in [0.717, 1.165) is 0 Å². The summed E-state index contributed by atoms with van der Waals surface area (Å²) in [6.07, 6.45) is 0.